The summed E-state index contributed by atoms with van der Waals surface area (Å²) >= 11 is 0. The van der Waals surface area contributed by atoms with Crippen LogP contribution in [-0.2, 0) is 16.0 Å². The van der Waals surface area contributed by atoms with Crippen molar-refractivity contribution in [2.75, 3.05) is 6.61 Å². The summed E-state index contributed by atoms with van der Waals surface area (Å²) in [6.45, 7) is 4.41. The lowest BCUT2D eigenvalue weighted by Crippen LogP contribution is -2.20. The smallest absolute Gasteiger partial charge is 0.309 e. The van der Waals surface area contributed by atoms with Crippen molar-refractivity contribution in [2.45, 2.75) is 33.1 Å². The van der Waals surface area contributed by atoms with Crippen LogP contribution in [0, 0.1) is 5.92 Å². The van der Waals surface area contributed by atoms with E-state index in [4.69, 9.17) is 4.74 Å². The Bertz CT molecular complexity index is 306. The van der Waals surface area contributed by atoms with Gasteiger partial charge in [-0.1, -0.05) is 43.7 Å². The third-order valence-electron chi connectivity index (χ3n) is 2.58. The third-order valence-corrected chi connectivity index (χ3v) is 2.58. The van der Waals surface area contributed by atoms with Crippen molar-refractivity contribution in [2.24, 2.45) is 5.92 Å². The summed E-state index contributed by atoms with van der Waals surface area (Å²) in [7, 11) is 0. The SMILES string of the molecule is CCC[C@@H](Cc1ccccc1)C(=O)OCC. The van der Waals surface area contributed by atoms with Crippen LogP contribution in [0.15, 0.2) is 30.3 Å². The average molecular weight is 220 g/mol. The van der Waals surface area contributed by atoms with Crippen molar-refractivity contribution in [3.05, 3.63) is 35.9 Å². The zero-order chi connectivity index (χ0) is 11.8. The normalized spacial score (nSPS) is 12.1. The minimum Gasteiger partial charge on any atom is -0.466 e. The van der Waals surface area contributed by atoms with Crippen molar-refractivity contribution in [1.29, 1.82) is 0 Å². The van der Waals surface area contributed by atoms with Crippen LogP contribution < -0.4 is 0 Å². The highest BCUT2D eigenvalue weighted by Crippen LogP contribution is 2.15. The highest BCUT2D eigenvalue weighted by atomic mass is 16.5. The molecule has 0 radical (unpaired) electrons. The number of rotatable bonds is 6. The minimum atomic E-state index is -0.0618. The van der Waals surface area contributed by atoms with Gasteiger partial charge in [0.1, 0.15) is 0 Å². The molecular formula is C14H20O2. The summed E-state index contributed by atoms with van der Waals surface area (Å²) in [6, 6.07) is 10.1. The summed E-state index contributed by atoms with van der Waals surface area (Å²) in [5.74, 6) is -0.0550. The Morgan fingerprint density at radius 3 is 2.50 bits per heavy atom. The van der Waals surface area contributed by atoms with E-state index in [-0.39, 0.29) is 11.9 Å². The first-order valence-electron chi connectivity index (χ1n) is 5.98. The second-order valence-corrected chi connectivity index (χ2v) is 3.93. The Hall–Kier alpha value is -1.31. The zero-order valence-electron chi connectivity index (χ0n) is 10.1. The number of hydrogen-bond acceptors (Lipinski definition) is 2. The average Bonchev–Trinajstić information content (AvgIpc) is 2.30. The lowest BCUT2D eigenvalue weighted by Gasteiger charge is -2.14. The molecule has 0 fully saturated rings. The van der Waals surface area contributed by atoms with E-state index in [1.165, 1.54) is 5.56 Å². The van der Waals surface area contributed by atoms with Crippen LogP contribution >= 0.6 is 0 Å². The summed E-state index contributed by atoms with van der Waals surface area (Å²) in [6.07, 6.45) is 2.69. The molecule has 1 atom stereocenters. The Balaban J connectivity index is 2.60. The van der Waals surface area contributed by atoms with Crippen molar-refractivity contribution in [3.8, 4) is 0 Å². The van der Waals surface area contributed by atoms with Gasteiger partial charge in [-0.05, 0) is 25.3 Å². The van der Waals surface area contributed by atoms with E-state index in [1.54, 1.807) is 0 Å². The second-order valence-electron chi connectivity index (χ2n) is 3.93. The van der Waals surface area contributed by atoms with E-state index in [1.807, 2.05) is 25.1 Å². The Kier molecular flexibility index (Phi) is 5.62. The Morgan fingerprint density at radius 1 is 1.25 bits per heavy atom. The lowest BCUT2D eigenvalue weighted by molar-refractivity contribution is -0.148. The van der Waals surface area contributed by atoms with Gasteiger partial charge < -0.3 is 4.74 Å². The molecule has 1 aromatic rings. The van der Waals surface area contributed by atoms with Crippen LogP contribution in [0.4, 0.5) is 0 Å². The molecule has 0 amide bonds. The highest BCUT2D eigenvalue weighted by Gasteiger charge is 2.18. The summed E-state index contributed by atoms with van der Waals surface area (Å²) in [5, 5.41) is 0. The van der Waals surface area contributed by atoms with E-state index >= 15 is 0 Å². The monoisotopic (exact) mass is 220 g/mol. The van der Waals surface area contributed by atoms with Gasteiger partial charge in [-0.25, -0.2) is 0 Å². The largest absolute Gasteiger partial charge is 0.466 e. The van der Waals surface area contributed by atoms with Crippen LogP contribution in [0.5, 0.6) is 0 Å². The van der Waals surface area contributed by atoms with Crippen LogP contribution in [0.2, 0.25) is 0 Å². The molecule has 16 heavy (non-hydrogen) atoms. The van der Waals surface area contributed by atoms with Crippen molar-refractivity contribution in [3.63, 3.8) is 0 Å². The zero-order valence-corrected chi connectivity index (χ0v) is 10.1. The fourth-order valence-electron chi connectivity index (χ4n) is 1.81. The molecular weight excluding hydrogens is 200 g/mol. The fraction of sp³-hybridized carbons (Fsp3) is 0.500. The van der Waals surface area contributed by atoms with Gasteiger partial charge >= 0.3 is 5.97 Å². The molecule has 88 valence electrons. The fourth-order valence-corrected chi connectivity index (χ4v) is 1.81. The van der Waals surface area contributed by atoms with Crippen LogP contribution in [0.3, 0.4) is 0 Å². The molecule has 2 nitrogen and oxygen atoms in total. The molecule has 0 aromatic heterocycles. The number of esters is 1. The summed E-state index contributed by atoms with van der Waals surface area (Å²) in [5.41, 5.74) is 1.20. The van der Waals surface area contributed by atoms with Gasteiger partial charge in [0.05, 0.1) is 12.5 Å². The topological polar surface area (TPSA) is 26.3 Å². The van der Waals surface area contributed by atoms with Crippen LogP contribution in [-0.4, -0.2) is 12.6 Å². The van der Waals surface area contributed by atoms with Crippen molar-refractivity contribution >= 4 is 5.97 Å². The second kappa shape index (κ2) is 7.04. The molecule has 0 heterocycles. The maximum atomic E-state index is 11.7. The number of ether oxygens (including phenoxy) is 1. The molecule has 0 N–H and O–H groups in total. The molecule has 0 bridgehead atoms. The van der Waals surface area contributed by atoms with Gasteiger partial charge in [-0.15, -0.1) is 0 Å². The van der Waals surface area contributed by atoms with E-state index in [0.717, 1.165) is 19.3 Å². The maximum Gasteiger partial charge on any atom is 0.309 e. The van der Waals surface area contributed by atoms with Gasteiger partial charge in [0.25, 0.3) is 0 Å². The van der Waals surface area contributed by atoms with Crippen molar-refractivity contribution in [1.82, 2.24) is 0 Å². The number of benzene rings is 1. The van der Waals surface area contributed by atoms with E-state index in [2.05, 4.69) is 19.1 Å². The lowest BCUT2D eigenvalue weighted by atomic mass is 9.95. The number of carbonyl (C=O) groups excluding carboxylic acids is 1. The molecule has 0 unspecified atom stereocenters. The molecule has 1 aromatic carbocycles. The van der Waals surface area contributed by atoms with Gasteiger partial charge in [-0.3, -0.25) is 4.79 Å². The number of hydrogen-bond donors (Lipinski definition) is 0. The predicted octanol–water partition coefficient (Wildman–Crippen LogP) is 3.21. The summed E-state index contributed by atoms with van der Waals surface area (Å²) < 4.78 is 5.09. The molecule has 0 saturated carbocycles. The van der Waals surface area contributed by atoms with Gasteiger partial charge in [-0.2, -0.15) is 0 Å². The molecule has 0 saturated heterocycles. The quantitative estimate of drug-likeness (QED) is 0.688. The highest BCUT2D eigenvalue weighted by molar-refractivity contribution is 5.72. The first-order chi connectivity index (χ1) is 7.77. The van der Waals surface area contributed by atoms with Gasteiger partial charge in [0.15, 0.2) is 0 Å². The molecule has 2 heteroatoms. The molecule has 0 aliphatic carbocycles. The molecule has 1 rings (SSSR count). The summed E-state index contributed by atoms with van der Waals surface area (Å²) in [4.78, 5) is 11.7. The Morgan fingerprint density at radius 2 is 1.94 bits per heavy atom. The molecule has 0 spiro atoms. The Labute approximate surface area is 97.6 Å². The minimum absolute atomic E-state index is 0.00681. The van der Waals surface area contributed by atoms with E-state index < -0.39 is 0 Å². The number of carbonyl (C=O) groups is 1. The van der Waals surface area contributed by atoms with Gasteiger partial charge in [0, 0.05) is 0 Å². The van der Waals surface area contributed by atoms with Crippen molar-refractivity contribution < 1.29 is 9.53 Å². The van der Waals surface area contributed by atoms with Crippen LogP contribution in [0.25, 0.3) is 0 Å². The van der Waals surface area contributed by atoms with Gasteiger partial charge in [0.2, 0.25) is 0 Å². The molecule has 0 aliphatic rings. The van der Waals surface area contributed by atoms with E-state index in [9.17, 15) is 4.79 Å². The standard InChI is InChI=1S/C14H20O2/c1-3-8-13(14(15)16-4-2)11-12-9-6-5-7-10-12/h5-7,9-10,13H,3-4,8,11H2,1-2H3/t13-/m0/s1. The van der Waals surface area contributed by atoms with E-state index in [0.29, 0.717) is 6.61 Å². The maximum absolute atomic E-state index is 11.7. The first-order valence-corrected chi connectivity index (χ1v) is 5.98. The third kappa shape index (κ3) is 4.05. The molecule has 0 aliphatic heterocycles. The van der Waals surface area contributed by atoms with Crippen LogP contribution in [0.1, 0.15) is 32.3 Å². The predicted molar refractivity (Wildman–Crippen MR) is 65.2 cm³/mol. The first kappa shape index (κ1) is 12.8.